The van der Waals surface area contributed by atoms with Gasteiger partial charge in [-0.25, -0.2) is 0 Å². The number of rotatable bonds is 4. The molecule has 0 aliphatic carbocycles. The molecule has 0 aromatic carbocycles. The zero-order valence-electron chi connectivity index (χ0n) is 8.53. The van der Waals surface area contributed by atoms with Crippen LogP contribution < -0.4 is 0 Å². The van der Waals surface area contributed by atoms with Gasteiger partial charge in [0.2, 0.25) is 0 Å². The maximum atomic E-state index is 10.5. The summed E-state index contributed by atoms with van der Waals surface area (Å²) in [5.41, 5.74) is 1.43. The molecule has 1 rings (SSSR count). The second-order valence-electron chi connectivity index (χ2n) is 3.34. The fraction of sp³-hybridized carbons (Fsp3) is 0.400. The van der Waals surface area contributed by atoms with Crippen molar-refractivity contribution in [2.45, 2.75) is 26.7 Å². The van der Waals surface area contributed by atoms with Crippen LogP contribution in [0, 0.1) is 13.8 Å². The second-order valence-corrected chi connectivity index (χ2v) is 3.34. The van der Waals surface area contributed by atoms with Crippen LogP contribution in [-0.4, -0.2) is 22.2 Å². The number of hydrogen-bond donors (Lipinski definition) is 2. The van der Waals surface area contributed by atoms with Crippen LogP contribution in [-0.2, 0) is 22.4 Å². The molecule has 0 aliphatic rings. The van der Waals surface area contributed by atoms with Crippen LogP contribution in [0.25, 0.3) is 0 Å². The Kier molecular flexibility index (Phi) is 3.14. The first-order valence-electron chi connectivity index (χ1n) is 4.43. The Hall–Kier alpha value is -1.78. The lowest BCUT2D eigenvalue weighted by atomic mass is 10.1. The Labute approximate surface area is 86.3 Å². The van der Waals surface area contributed by atoms with Crippen molar-refractivity contribution in [1.29, 1.82) is 0 Å². The summed E-state index contributed by atoms with van der Waals surface area (Å²) in [7, 11) is 0. The summed E-state index contributed by atoms with van der Waals surface area (Å²) in [6.45, 7) is 3.45. The molecule has 0 bridgehead atoms. The third-order valence-electron chi connectivity index (χ3n) is 2.27. The Morgan fingerprint density at radius 3 is 1.60 bits per heavy atom. The number of carbonyl (C=O) groups is 2. The van der Waals surface area contributed by atoms with Crippen LogP contribution in [0.2, 0.25) is 0 Å². The van der Waals surface area contributed by atoms with Crippen LogP contribution in [0.5, 0.6) is 0 Å². The minimum Gasteiger partial charge on any atom is -0.481 e. The van der Waals surface area contributed by atoms with Crippen molar-refractivity contribution in [1.82, 2.24) is 0 Å². The Morgan fingerprint density at radius 2 is 1.33 bits per heavy atom. The van der Waals surface area contributed by atoms with E-state index in [-0.39, 0.29) is 12.8 Å². The molecular weight excluding hydrogens is 200 g/mol. The van der Waals surface area contributed by atoms with Gasteiger partial charge in [0.1, 0.15) is 24.4 Å². The summed E-state index contributed by atoms with van der Waals surface area (Å²) in [5, 5.41) is 17.2. The van der Waals surface area contributed by atoms with Gasteiger partial charge in [0, 0.05) is 0 Å². The zero-order chi connectivity index (χ0) is 11.6. The van der Waals surface area contributed by atoms with Crippen molar-refractivity contribution in [2.75, 3.05) is 0 Å². The predicted molar refractivity (Wildman–Crippen MR) is 50.9 cm³/mol. The van der Waals surface area contributed by atoms with E-state index in [0.29, 0.717) is 22.6 Å². The molecule has 0 fully saturated rings. The van der Waals surface area contributed by atoms with Crippen molar-refractivity contribution >= 4 is 11.9 Å². The predicted octanol–water partition coefficient (Wildman–Crippen LogP) is 1.15. The van der Waals surface area contributed by atoms with Crippen molar-refractivity contribution in [2.24, 2.45) is 0 Å². The second kappa shape index (κ2) is 4.16. The van der Waals surface area contributed by atoms with E-state index in [9.17, 15) is 9.59 Å². The quantitative estimate of drug-likeness (QED) is 0.781. The standard InChI is InChI=1S/C10H12O5/c1-5-6(2)8(4-10(13)14)15-7(5)3-9(11)12/h3-4H2,1-2H3,(H,11,12)(H,13,14). The number of carboxylic acid groups (broad SMARTS) is 2. The minimum absolute atomic E-state index is 0.216. The molecule has 1 aromatic heterocycles. The molecule has 0 amide bonds. The van der Waals surface area contributed by atoms with Gasteiger partial charge in [-0.05, 0) is 25.0 Å². The Balaban J connectivity index is 3.00. The van der Waals surface area contributed by atoms with Gasteiger partial charge in [-0.1, -0.05) is 0 Å². The first kappa shape index (κ1) is 11.3. The highest BCUT2D eigenvalue weighted by atomic mass is 16.4. The Morgan fingerprint density at radius 1 is 1.00 bits per heavy atom. The SMILES string of the molecule is Cc1c(CC(=O)O)oc(CC(=O)O)c1C. The highest BCUT2D eigenvalue weighted by molar-refractivity contribution is 5.71. The number of carboxylic acids is 2. The lowest BCUT2D eigenvalue weighted by Gasteiger charge is -1.92. The molecule has 2 N–H and O–H groups in total. The monoisotopic (exact) mass is 212 g/mol. The smallest absolute Gasteiger partial charge is 0.311 e. The number of hydrogen-bond acceptors (Lipinski definition) is 3. The molecule has 5 nitrogen and oxygen atoms in total. The molecule has 1 heterocycles. The molecule has 0 saturated carbocycles. The normalized spacial score (nSPS) is 10.3. The average Bonchev–Trinajstić information content (AvgIpc) is 2.32. The van der Waals surface area contributed by atoms with Crippen LogP contribution in [0.4, 0.5) is 0 Å². The first-order chi connectivity index (χ1) is 6.91. The number of furan rings is 1. The maximum absolute atomic E-state index is 10.5. The molecule has 82 valence electrons. The molecular formula is C10H12O5. The van der Waals surface area contributed by atoms with E-state index < -0.39 is 11.9 Å². The summed E-state index contributed by atoms with van der Waals surface area (Å²) >= 11 is 0. The molecule has 0 spiro atoms. The van der Waals surface area contributed by atoms with Gasteiger partial charge in [-0.15, -0.1) is 0 Å². The van der Waals surface area contributed by atoms with E-state index in [0.717, 1.165) is 0 Å². The first-order valence-corrected chi connectivity index (χ1v) is 4.43. The summed E-state index contributed by atoms with van der Waals surface area (Å²) in [5.74, 6) is -1.32. The summed E-state index contributed by atoms with van der Waals surface area (Å²) in [6.07, 6.45) is -0.432. The fourth-order valence-corrected chi connectivity index (χ4v) is 1.33. The largest absolute Gasteiger partial charge is 0.481 e. The minimum atomic E-state index is -0.992. The number of aliphatic carboxylic acids is 2. The molecule has 5 heteroatoms. The average molecular weight is 212 g/mol. The van der Waals surface area contributed by atoms with Gasteiger partial charge in [0.25, 0.3) is 0 Å². The maximum Gasteiger partial charge on any atom is 0.311 e. The molecule has 0 radical (unpaired) electrons. The van der Waals surface area contributed by atoms with Gasteiger partial charge in [-0.3, -0.25) is 9.59 Å². The van der Waals surface area contributed by atoms with E-state index in [1.54, 1.807) is 13.8 Å². The topological polar surface area (TPSA) is 87.7 Å². The Bertz CT molecular complexity index is 366. The van der Waals surface area contributed by atoms with Gasteiger partial charge in [0.05, 0.1) is 0 Å². The van der Waals surface area contributed by atoms with Crippen molar-refractivity contribution in [3.63, 3.8) is 0 Å². The molecule has 0 saturated heterocycles. The molecule has 15 heavy (non-hydrogen) atoms. The summed E-state index contributed by atoms with van der Waals surface area (Å²) in [6, 6.07) is 0. The van der Waals surface area contributed by atoms with E-state index >= 15 is 0 Å². The van der Waals surface area contributed by atoms with E-state index in [1.807, 2.05) is 0 Å². The lowest BCUT2D eigenvalue weighted by molar-refractivity contribution is -0.137. The third kappa shape index (κ3) is 2.59. The van der Waals surface area contributed by atoms with Crippen LogP contribution >= 0.6 is 0 Å². The van der Waals surface area contributed by atoms with E-state index in [2.05, 4.69) is 0 Å². The van der Waals surface area contributed by atoms with Gasteiger partial charge < -0.3 is 14.6 Å². The van der Waals surface area contributed by atoms with Crippen molar-refractivity contribution in [3.05, 3.63) is 22.6 Å². The van der Waals surface area contributed by atoms with Gasteiger partial charge in [-0.2, -0.15) is 0 Å². The highest BCUT2D eigenvalue weighted by Gasteiger charge is 2.17. The summed E-state index contributed by atoms with van der Waals surface area (Å²) in [4.78, 5) is 21.0. The van der Waals surface area contributed by atoms with Crippen LogP contribution in [0.1, 0.15) is 22.6 Å². The van der Waals surface area contributed by atoms with Crippen LogP contribution in [0.3, 0.4) is 0 Å². The zero-order valence-corrected chi connectivity index (χ0v) is 8.53. The van der Waals surface area contributed by atoms with E-state index in [1.165, 1.54) is 0 Å². The highest BCUT2D eigenvalue weighted by Crippen LogP contribution is 2.22. The van der Waals surface area contributed by atoms with Gasteiger partial charge in [0.15, 0.2) is 0 Å². The lowest BCUT2D eigenvalue weighted by Crippen LogP contribution is -2.00. The summed E-state index contributed by atoms with van der Waals surface area (Å²) < 4.78 is 5.21. The van der Waals surface area contributed by atoms with Gasteiger partial charge >= 0.3 is 11.9 Å². The van der Waals surface area contributed by atoms with Crippen LogP contribution in [0.15, 0.2) is 4.42 Å². The van der Waals surface area contributed by atoms with Crippen molar-refractivity contribution in [3.8, 4) is 0 Å². The fourth-order valence-electron chi connectivity index (χ4n) is 1.33. The molecule has 0 aliphatic heterocycles. The molecule has 0 atom stereocenters. The molecule has 0 unspecified atom stereocenters. The van der Waals surface area contributed by atoms with E-state index in [4.69, 9.17) is 14.6 Å². The molecule has 1 aromatic rings. The van der Waals surface area contributed by atoms with Crippen molar-refractivity contribution < 1.29 is 24.2 Å². The third-order valence-corrected chi connectivity index (χ3v) is 2.27.